The van der Waals surface area contributed by atoms with E-state index in [1.54, 1.807) is 0 Å². The van der Waals surface area contributed by atoms with E-state index in [9.17, 15) is 0 Å². The number of halogens is 1. The average Bonchev–Trinajstić information content (AvgIpc) is 1.83. The van der Waals surface area contributed by atoms with Crippen LogP contribution in [0.25, 0.3) is 0 Å². The molecule has 0 aliphatic carbocycles. The van der Waals surface area contributed by atoms with Crippen LogP contribution < -0.4 is 5.19 Å². The monoisotopic (exact) mass is 198 g/mol. The van der Waals surface area contributed by atoms with E-state index in [-0.39, 0.29) is 0 Å². The van der Waals surface area contributed by atoms with Crippen LogP contribution in [0.15, 0.2) is 18.2 Å². The number of rotatable bonds is 1. The third-order valence-electron chi connectivity index (χ3n) is 2.02. The van der Waals surface area contributed by atoms with Crippen molar-refractivity contribution in [1.82, 2.24) is 0 Å². The Hall–Kier alpha value is -0.273. The average molecular weight is 199 g/mol. The smallest absolute Gasteiger partial charge is 0.162 e. The second-order valence-corrected chi connectivity index (χ2v) is 10.1. The molecule has 0 aromatic heterocycles. The van der Waals surface area contributed by atoms with Crippen LogP contribution in [0.4, 0.5) is 0 Å². The highest BCUT2D eigenvalue weighted by atomic mass is 35.6. The molecule has 0 radical (unpaired) electrons. The maximum absolute atomic E-state index is 6.36. The van der Waals surface area contributed by atoms with Crippen molar-refractivity contribution in [3.63, 3.8) is 0 Å². The van der Waals surface area contributed by atoms with E-state index in [0.29, 0.717) is 0 Å². The molecular formula is C10H15ClSi. The van der Waals surface area contributed by atoms with Gasteiger partial charge in [0.15, 0.2) is 7.38 Å². The largest absolute Gasteiger partial charge is 0.181 e. The second-order valence-electron chi connectivity index (χ2n) is 3.79. The Kier molecular flexibility index (Phi) is 2.64. The van der Waals surface area contributed by atoms with Crippen LogP contribution in [-0.2, 0) is 0 Å². The van der Waals surface area contributed by atoms with Gasteiger partial charge in [-0.1, -0.05) is 42.4 Å². The van der Waals surface area contributed by atoms with Gasteiger partial charge in [0.25, 0.3) is 0 Å². The van der Waals surface area contributed by atoms with E-state index in [1.807, 2.05) is 0 Å². The maximum atomic E-state index is 6.36. The van der Waals surface area contributed by atoms with Crippen LogP contribution in [0.3, 0.4) is 0 Å². The van der Waals surface area contributed by atoms with Gasteiger partial charge in [-0.3, -0.25) is 0 Å². The normalized spacial score (nSPS) is 11.8. The Balaban J connectivity index is 3.19. The standard InChI is InChI=1S/C10H15ClSi/c1-8-5-6-10(9(2)7-8)12(3,4)11/h5-7H,1-4H3. The minimum atomic E-state index is -1.63. The molecule has 1 rings (SSSR count). The van der Waals surface area contributed by atoms with Crippen LogP contribution in [0, 0.1) is 13.8 Å². The highest BCUT2D eigenvalue weighted by molar-refractivity contribution is 7.26. The third-order valence-corrected chi connectivity index (χ3v) is 4.48. The molecule has 0 heterocycles. The van der Waals surface area contributed by atoms with E-state index in [1.165, 1.54) is 16.3 Å². The molecule has 0 saturated heterocycles. The van der Waals surface area contributed by atoms with Crippen molar-refractivity contribution in [3.8, 4) is 0 Å². The Morgan fingerprint density at radius 1 is 1.17 bits per heavy atom. The topological polar surface area (TPSA) is 0 Å². The van der Waals surface area contributed by atoms with Crippen molar-refractivity contribution in [2.75, 3.05) is 0 Å². The first-order valence-electron chi connectivity index (χ1n) is 4.18. The van der Waals surface area contributed by atoms with Gasteiger partial charge in [0.05, 0.1) is 0 Å². The van der Waals surface area contributed by atoms with Gasteiger partial charge in [-0.15, -0.1) is 0 Å². The fourth-order valence-corrected chi connectivity index (χ4v) is 3.61. The summed E-state index contributed by atoms with van der Waals surface area (Å²) in [5, 5.41) is 1.36. The molecule has 0 N–H and O–H groups in total. The fourth-order valence-electron chi connectivity index (χ4n) is 1.48. The van der Waals surface area contributed by atoms with E-state index in [2.05, 4.69) is 45.1 Å². The highest BCUT2D eigenvalue weighted by Gasteiger charge is 2.21. The Morgan fingerprint density at radius 3 is 2.17 bits per heavy atom. The summed E-state index contributed by atoms with van der Waals surface area (Å²) in [5.74, 6) is 0. The summed E-state index contributed by atoms with van der Waals surface area (Å²) < 4.78 is 0. The molecule has 0 aliphatic rings. The van der Waals surface area contributed by atoms with Gasteiger partial charge in [0.2, 0.25) is 0 Å². The molecule has 0 amide bonds. The number of benzene rings is 1. The van der Waals surface area contributed by atoms with Crippen molar-refractivity contribution in [2.24, 2.45) is 0 Å². The zero-order valence-corrected chi connectivity index (χ0v) is 9.87. The SMILES string of the molecule is Cc1ccc([Si](C)(C)Cl)c(C)c1. The molecule has 0 spiro atoms. The van der Waals surface area contributed by atoms with Crippen LogP contribution in [-0.4, -0.2) is 7.38 Å². The predicted octanol–water partition coefficient (Wildman–Crippen LogP) is 2.95. The molecule has 1 aromatic carbocycles. The lowest BCUT2D eigenvalue weighted by atomic mass is 10.2. The summed E-state index contributed by atoms with van der Waals surface area (Å²) in [6.45, 7) is 8.57. The van der Waals surface area contributed by atoms with Crippen LogP contribution in [0.1, 0.15) is 11.1 Å². The summed E-state index contributed by atoms with van der Waals surface area (Å²) in [7, 11) is -1.63. The third kappa shape index (κ3) is 2.11. The molecule has 1 aromatic rings. The first kappa shape index (κ1) is 9.81. The quantitative estimate of drug-likeness (QED) is 0.481. The Bertz CT molecular complexity index is 286. The zero-order valence-electron chi connectivity index (χ0n) is 8.11. The zero-order chi connectivity index (χ0) is 9.35. The van der Waals surface area contributed by atoms with Gasteiger partial charge in [-0.2, -0.15) is 11.1 Å². The van der Waals surface area contributed by atoms with Crippen molar-refractivity contribution >= 4 is 23.6 Å². The summed E-state index contributed by atoms with van der Waals surface area (Å²) >= 11 is 6.36. The van der Waals surface area contributed by atoms with E-state index in [0.717, 1.165) is 0 Å². The second kappa shape index (κ2) is 3.23. The van der Waals surface area contributed by atoms with Gasteiger partial charge in [-0.25, -0.2) is 0 Å². The van der Waals surface area contributed by atoms with Crippen molar-refractivity contribution < 1.29 is 0 Å². The minimum absolute atomic E-state index is 1.31. The summed E-state index contributed by atoms with van der Waals surface area (Å²) in [6, 6.07) is 6.51. The first-order chi connectivity index (χ1) is 5.41. The van der Waals surface area contributed by atoms with Crippen LogP contribution >= 0.6 is 11.1 Å². The molecule has 66 valence electrons. The summed E-state index contributed by atoms with van der Waals surface area (Å²) in [6.07, 6.45) is 0. The Labute approximate surface area is 80.3 Å². The molecular weight excluding hydrogens is 184 g/mol. The van der Waals surface area contributed by atoms with Crippen molar-refractivity contribution in [3.05, 3.63) is 29.3 Å². The summed E-state index contributed by atoms with van der Waals surface area (Å²) in [4.78, 5) is 0. The molecule has 12 heavy (non-hydrogen) atoms. The Morgan fingerprint density at radius 2 is 1.75 bits per heavy atom. The molecule has 0 saturated carbocycles. The number of hydrogen-bond donors (Lipinski definition) is 0. The lowest BCUT2D eigenvalue weighted by Gasteiger charge is -2.16. The molecule has 0 nitrogen and oxygen atoms in total. The molecule has 2 heteroatoms. The van der Waals surface area contributed by atoms with E-state index in [4.69, 9.17) is 11.1 Å². The van der Waals surface area contributed by atoms with E-state index >= 15 is 0 Å². The predicted molar refractivity (Wildman–Crippen MR) is 58.9 cm³/mol. The minimum Gasteiger partial charge on any atom is -0.162 e. The summed E-state index contributed by atoms with van der Waals surface area (Å²) in [5.41, 5.74) is 2.65. The van der Waals surface area contributed by atoms with Crippen LogP contribution in [0.5, 0.6) is 0 Å². The van der Waals surface area contributed by atoms with Gasteiger partial charge < -0.3 is 0 Å². The van der Waals surface area contributed by atoms with Crippen molar-refractivity contribution in [1.29, 1.82) is 0 Å². The molecule has 0 fully saturated rings. The van der Waals surface area contributed by atoms with Crippen LogP contribution in [0.2, 0.25) is 13.1 Å². The van der Waals surface area contributed by atoms with Gasteiger partial charge in [0.1, 0.15) is 0 Å². The lowest BCUT2D eigenvalue weighted by molar-refractivity contribution is 1.41. The molecule has 0 aliphatic heterocycles. The number of hydrogen-bond acceptors (Lipinski definition) is 0. The molecule has 0 atom stereocenters. The van der Waals surface area contributed by atoms with E-state index < -0.39 is 7.38 Å². The molecule has 0 unspecified atom stereocenters. The fraction of sp³-hybridized carbons (Fsp3) is 0.400. The van der Waals surface area contributed by atoms with Gasteiger partial charge in [-0.05, 0) is 19.0 Å². The highest BCUT2D eigenvalue weighted by Crippen LogP contribution is 2.12. The lowest BCUT2D eigenvalue weighted by Crippen LogP contribution is -2.36. The van der Waals surface area contributed by atoms with Gasteiger partial charge in [0, 0.05) is 0 Å². The van der Waals surface area contributed by atoms with Gasteiger partial charge >= 0.3 is 0 Å². The van der Waals surface area contributed by atoms with Crippen molar-refractivity contribution in [2.45, 2.75) is 26.9 Å². The molecule has 0 bridgehead atoms. The maximum Gasteiger partial charge on any atom is 0.181 e. The first-order valence-corrected chi connectivity index (χ1v) is 8.19. The number of aryl methyl sites for hydroxylation is 2.